The normalized spacial score (nSPS) is 27.6. The van der Waals surface area contributed by atoms with Crippen LogP contribution in [0.3, 0.4) is 0 Å². The van der Waals surface area contributed by atoms with Crippen molar-refractivity contribution < 1.29 is 30.1 Å². The number of hydrogen-bond acceptors (Lipinski definition) is 7. The van der Waals surface area contributed by atoms with Crippen LogP contribution in [0.2, 0.25) is 0 Å². The fourth-order valence-electron chi connectivity index (χ4n) is 2.51. The predicted octanol–water partition coefficient (Wildman–Crippen LogP) is -1.32. The van der Waals surface area contributed by atoms with Crippen molar-refractivity contribution in [1.82, 2.24) is 14.5 Å². The fourth-order valence-corrected chi connectivity index (χ4v) is 2.51. The van der Waals surface area contributed by atoms with Gasteiger partial charge in [0.15, 0.2) is 17.9 Å². The van der Waals surface area contributed by atoms with Crippen LogP contribution in [0.15, 0.2) is 22.2 Å². The third kappa shape index (κ3) is 3.42. The summed E-state index contributed by atoms with van der Waals surface area (Å²) < 4.78 is 6.39. The second-order valence-electron chi connectivity index (χ2n) is 5.87. The molecular weight excluding hydrogens is 324 g/mol. The Kier molecular flexibility index (Phi) is 5.26. The van der Waals surface area contributed by atoms with Gasteiger partial charge >= 0.3 is 11.8 Å². The molecule has 1 aromatic heterocycles. The van der Waals surface area contributed by atoms with Crippen molar-refractivity contribution in [3.8, 4) is 0 Å². The Morgan fingerprint density at radius 1 is 1.46 bits per heavy atom. The zero-order chi connectivity index (χ0) is 18.0. The molecule has 0 aliphatic carbocycles. The lowest BCUT2D eigenvalue weighted by atomic mass is 10.1. The van der Waals surface area contributed by atoms with E-state index in [1.54, 1.807) is 13.8 Å². The lowest BCUT2D eigenvalue weighted by molar-refractivity contribution is -0.0997. The monoisotopic (exact) mass is 344 g/mol. The third-order valence-corrected chi connectivity index (χ3v) is 3.57. The Balaban J connectivity index is 2.32. The van der Waals surface area contributed by atoms with E-state index in [1.807, 2.05) is 0 Å². The summed E-state index contributed by atoms with van der Waals surface area (Å²) in [7, 11) is 0. The van der Waals surface area contributed by atoms with E-state index < -0.39 is 36.4 Å². The van der Waals surface area contributed by atoms with Crippen LogP contribution in [0.4, 0.5) is 4.79 Å². The lowest BCUT2D eigenvalue weighted by Gasteiger charge is -2.29. The number of aromatic nitrogens is 2. The van der Waals surface area contributed by atoms with E-state index in [1.165, 1.54) is 12.3 Å². The Bertz CT molecular complexity index is 713. The number of aromatic amines is 1. The van der Waals surface area contributed by atoms with Crippen LogP contribution in [0, 0.1) is 5.92 Å². The number of carboxylic acid groups (broad SMARTS) is 1. The van der Waals surface area contributed by atoms with Gasteiger partial charge in [0.1, 0.15) is 12.2 Å². The first-order chi connectivity index (χ1) is 11.3. The van der Waals surface area contributed by atoms with Gasteiger partial charge in [-0.05, 0) is 5.92 Å². The van der Waals surface area contributed by atoms with Crippen molar-refractivity contribution >= 4 is 6.09 Å². The number of amides is 1. The molecule has 2 heterocycles. The third-order valence-electron chi connectivity index (χ3n) is 3.57. The largest absolute Gasteiger partial charge is 0.465 e. The second-order valence-corrected chi connectivity index (χ2v) is 5.87. The van der Waals surface area contributed by atoms with Crippen molar-refractivity contribution in [2.24, 2.45) is 11.1 Å². The molecule has 1 fully saturated rings. The maximum absolute atomic E-state index is 12.0. The quantitative estimate of drug-likeness (QED) is 0.334. The number of aliphatic hydroxyl groups excluding tert-OH is 2. The first-order valence-corrected chi connectivity index (χ1v) is 7.27. The van der Waals surface area contributed by atoms with Gasteiger partial charge in [0, 0.05) is 18.8 Å². The predicted molar refractivity (Wildman–Crippen MR) is 77.9 cm³/mol. The van der Waals surface area contributed by atoms with Crippen LogP contribution in [0.1, 0.15) is 20.1 Å². The van der Waals surface area contributed by atoms with Crippen LogP contribution in [0.25, 0.3) is 0 Å². The number of H-pyrrole nitrogens is 1. The molecule has 0 saturated carbocycles. The van der Waals surface area contributed by atoms with Crippen LogP contribution < -0.4 is 11.2 Å². The van der Waals surface area contributed by atoms with Gasteiger partial charge in [-0.15, -0.1) is 0 Å². The molecule has 1 amide bonds. The summed E-state index contributed by atoms with van der Waals surface area (Å²) in [5.41, 5.74) is -0.860. The van der Waals surface area contributed by atoms with Crippen molar-refractivity contribution in [2.75, 3.05) is 6.54 Å². The SMILES string of the molecule is CC(C)CN(C(=O)O)[C@@H]1O[C@@H](n2cc/c(=N/O)[nH]c2=O)[C@H](O)[C@@H]1O. The van der Waals surface area contributed by atoms with Gasteiger partial charge in [-0.1, -0.05) is 19.0 Å². The molecule has 5 N–H and O–H groups in total. The highest BCUT2D eigenvalue weighted by Crippen LogP contribution is 2.30. The van der Waals surface area contributed by atoms with Crippen LogP contribution >= 0.6 is 0 Å². The minimum absolute atomic E-state index is 0.0328. The zero-order valence-corrected chi connectivity index (χ0v) is 13.1. The molecule has 0 radical (unpaired) electrons. The van der Waals surface area contributed by atoms with Gasteiger partial charge in [-0.25, -0.2) is 9.59 Å². The standard InChI is InChI=1S/C13H20N4O7/c1-6(2)5-17(13(21)22)11-9(19)8(18)10(24-11)16-4-3-7(15-23)14-12(16)20/h3-4,6,8-11,18-19,23H,5H2,1-2H3,(H,21,22)(H,14,15,20)/t8-,9+,10-,11-/m1/s1. The number of rotatable bonds is 4. The maximum atomic E-state index is 12.0. The summed E-state index contributed by atoms with van der Waals surface area (Å²) >= 11 is 0. The average Bonchev–Trinajstić information content (AvgIpc) is 2.80. The topological polar surface area (TPSA) is 161 Å². The Labute approximate surface area is 136 Å². The summed E-state index contributed by atoms with van der Waals surface area (Å²) in [5.74, 6) is -0.0328. The van der Waals surface area contributed by atoms with E-state index in [4.69, 9.17) is 9.94 Å². The lowest BCUT2D eigenvalue weighted by Crippen LogP contribution is -2.48. The number of hydrogen-bond donors (Lipinski definition) is 5. The maximum Gasteiger partial charge on any atom is 0.409 e. The summed E-state index contributed by atoms with van der Waals surface area (Å²) in [6.45, 7) is 3.67. The van der Waals surface area contributed by atoms with Crippen molar-refractivity contribution in [3.05, 3.63) is 28.2 Å². The number of ether oxygens (including phenoxy) is 1. The van der Waals surface area contributed by atoms with Crippen molar-refractivity contribution in [2.45, 2.75) is 38.5 Å². The number of nitrogens with zero attached hydrogens (tertiary/aromatic N) is 3. The number of carbonyl (C=O) groups is 1. The summed E-state index contributed by atoms with van der Waals surface area (Å²) in [6, 6.07) is 1.25. The highest BCUT2D eigenvalue weighted by atomic mass is 16.6. The molecule has 11 nitrogen and oxygen atoms in total. The average molecular weight is 344 g/mol. The molecule has 11 heteroatoms. The molecule has 0 spiro atoms. The zero-order valence-electron chi connectivity index (χ0n) is 13.1. The molecule has 134 valence electrons. The Morgan fingerprint density at radius 3 is 2.62 bits per heavy atom. The Morgan fingerprint density at radius 2 is 2.12 bits per heavy atom. The molecule has 4 atom stereocenters. The molecule has 1 aliphatic heterocycles. The minimum atomic E-state index is -1.53. The van der Waals surface area contributed by atoms with Gasteiger partial charge in [-0.2, -0.15) is 0 Å². The second kappa shape index (κ2) is 7.03. The van der Waals surface area contributed by atoms with E-state index in [9.17, 15) is 24.9 Å². The molecule has 1 aromatic rings. The van der Waals surface area contributed by atoms with Crippen molar-refractivity contribution in [3.63, 3.8) is 0 Å². The molecule has 24 heavy (non-hydrogen) atoms. The molecule has 0 unspecified atom stereocenters. The van der Waals surface area contributed by atoms with E-state index >= 15 is 0 Å². The van der Waals surface area contributed by atoms with E-state index in [2.05, 4.69) is 10.1 Å². The summed E-state index contributed by atoms with van der Waals surface area (Å²) in [4.78, 5) is 26.5. The molecule has 1 aliphatic rings. The highest BCUT2D eigenvalue weighted by molar-refractivity contribution is 5.65. The van der Waals surface area contributed by atoms with Crippen LogP contribution in [0.5, 0.6) is 0 Å². The molecule has 2 rings (SSSR count). The first kappa shape index (κ1) is 18.0. The van der Waals surface area contributed by atoms with Gasteiger partial charge in [0.25, 0.3) is 0 Å². The number of nitrogens with one attached hydrogen (secondary N) is 1. The molecular formula is C13H20N4O7. The van der Waals surface area contributed by atoms with E-state index in [0.29, 0.717) is 0 Å². The summed E-state index contributed by atoms with van der Waals surface area (Å²) in [5, 5.41) is 41.1. The van der Waals surface area contributed by atoms with E-state index in [-0.39, 0.29) is 18.0 Å². The van der Waals surface area contributed by atoms with Gasteiger partial charge in [0.2, 0.25) is 0 Å². The smallest absolute Gasteiger partial charge is 0.409 e. The molecule has 0 bridgehead atoms. The van der Waals surface area contributed by atoms with Gasteiger partial charge in [-0.3, -0.25) is 14.5 Å². The van der Waals surface area contributed by atoms with Crippen LogP contribution in [-0.2, 0) is 4.74 Å². The van der Waals surface area contributed by atoms with Gasteiger partial charge in [0.05, 0.1) is 0 Å². The Hall–Kier alpha value is -2.37. The first-order valence-electron chi connectivity index (χ1n) is 7.27. The molecule has 1 saturated heterocycles. The van der Waals surface area contributed by atoms with Crippen LogP contribution in [-0.4, -0.2) is 66.1 Å². The highest BCUT2D eigenvalue weighted by Gasteiger charge is 2.48. The molecule has 0 aromatic carbocycles. The van der Waals surface area contributed by atoms with Crippen molar-refractivity contribution in [1.29, 1.82) is 0 Å². The fraction of sp³-hybridized carbons (Fsp3) is 0.615. The number of aliphatic hydroxyl groups is 2. The van der Waals surface area contributed by atoms with E-state index in [0.717, 1.165) is 9.47 Å². The summed E-state index contributed by atoms with van der Waals surface area (Å²) in [6.07, 6.45) is -5.78. The van der Waals surface area contributed by atoms with Gasteiger partial charge < -0.3 is 25.3 Å². The minimum Gasteiger partial charge on any atom is -0.465 e.